The van der Waals surface area contributed by atoms with Crippen LogP contribution in [0.4, 0.5) is 5.95 Å². The van der Waals surface area contributed by atoms with E-state index in [9.17, 15) is 4.79 Å². The molecule has 0 bridgehead atoms. The summed E-state index contributed by atoms with van der Waals surface area (Å²) in [5.74, 6) is 0.443. The van der Waals surface area contributed by atoms with Gasteiger partial charge in [-0.25, -0.2) is 9.89 Å². The predicted octanol–water partition coefficient (Wildman–Crippen LogP) is 0.665. The molecule has 0 amide bonds. The van der Waals surface area contributed by atoms with Crippen molar-refractivity contribution in [2.24, 2.45) is 7.05 Å². The van der Waals surface area contributed by atoms with Crippen LogP contribution in [-0.4, -0.2) is 42.9 Å². The highest BCUT2D eigenvalue weighted by atomic mass is 32.2. The Kier molecular flexibility index (Phi) is 5.14. The molecule has 0 fully saturated rings. The number of aromatic amines is 1. The Morgan fingerprint density at radius 2 is 2.14 bits per heavy atom. The van der Waals surface area contributed by atoms with E-state index in [4.69, 9.17) is 4.74 Å². The number of nitrogens with one attached hydrogen (secondary N) is 2. The van der Waals surface area contributed by atoms with E-state index in [-0.39, 0.29) is 11.7 Å². The summed E-state index contributed by atoms with van der Waals surface area (Å²) in [5.41, 5.74) is -0.291. The van der Waals surface area contributed by atoms with Crippen molar-refractivity contribution in [2.75, 3.05) is 18.5 Å². The van der Waals surface area contributed by atoms with Gasteiger partial charge in [0.15, 0.2) is 5.16 Å². The zero-order valence-electron chi connectivity index (χ0n) is 12.1. The Morgan fingerprint density at radius 1 is 1.33 bits per heavy atom. The van der Waals surface area contributed by atoms with Gasteiger partial charge in [-0.2, -0.15) is 15.0 Å². The molecule has 21 heavy (non-hydrogen) atoms. The van der Waals surface area contributed by atoms with E-state index in [1.807, 2.05) is 13.8 Å². The van der Waals surface area contributed by atoms with Crippen LogP contribution in [0.5, 0.6) is 6.01 Å². The molecule has 10 heteroatoms. The Labute approximate surface area is 125 Å². The van der Waals surface area contributed by atoms with Gasteiger partial charge in [-0.15, -0.1) is 5.10 Å². The molecule has 0 aliphatic heterocycles. The summed E-state index contributed by atoms with van der Waals surface area (Å²) in [7, 11) is 1.62. The first kappa shape index (κ1) is 15.3. The quantitative estimate of drug-likeness (QED) is 0.767. The third-order valence-electron chi connectivity index (χ3n) is 2.42. The Balaban J connectivity index is 2.26. The summed E-state index contributed by atoms with van der Waals surface area (Å²) in [6.45, 7) is 5.11. The number of anilines is 1. The minimum Gasteiger partial charge on any atom is -0.464 e. The SMILES string of the molecule is CCCNc1nc(OCC)nc(Sc2n[nH]c(=O)n2C)n1. The summed E-state index contributed by atoms with van der Waals surface area (Å²) in [6.07, 6.45) is 0.950. The predicted molar refractivity (Wildman–Crippen MR) is 77.7 cm³/mol. The molecule has 0 radical (unpaired) electrons. The maximum absolute atomic E-state index is 11.3. The van der Waals surface area contributed by atoms with Crippen molar-refractivity contribution in [1.82, 2.24) is 29.7 Å². The smallest absolute Gasteiger partial charge is 0.343 e. The standard InChI is InChI=1S/C11H17N7O2S/c1-4-6-12-7-13-8(20-5-2)15-9(14-7)21-11-17-16-10(19)18(11)3/h4-6H2,1-3H3,(H,16,19)(H,12,13,14,15). The summed E-state index contributed by atoms with van der Waals surface area (Å²) >= 11 is 1.16. The van der Waals surface area contributed by atoms with Crippen LogP contribution in [0, 0.1) is 0 Å². The molecule has 2 rings (SSSR count). The average Bonchev–Trinajstić information content (AvgIpc) is 2.77. The van der Waals surface area contributed by atoms with Gasteiger partial charge in [0.1, 0.15) is 0 Å². The van der Waals surface area contributed by atoms with Gasteiger partial charge in [-0.05, 0) is 25.1 Å². The normalized spacial score (nSPS) is 10.6. The zero-order chi connectivity index (χ0) is 15.2. The van der Waals surface area contributed by atoms with Crippen molar-refractivity contribution in [3.8, 4) is 6.01 Å². The fraction of sp³-hybridized carbons (Fsp3) is 0.545. The highest BCUT2D eigenvalue weighted by molar-refractivity contribution is 7.99. The van der Waals surface area contributed by atoms with E-state index in [2.05, 4.69) is 30.5 Å². The topological polar surface area (TPSA) is 111 Å². The highest BCUT2D eigenvalue weighted by Crippen LogP contribution is 2.23. The molecule has 0 aliphatic carbocycles. The van der Waals surface area contributed by atoms with Crippen molar-refractivity contribution in [3.63, 3.8) is 0 Å². The molecule has 0 aromatic carbocycles. The molecular weight excluding hydrogens is 294 g/mol. The lowest BCUT2D eigenvalue weighted by Gasteiger charge is -2.07. The Morgan fingerprint density at radius 3 is 2.76 bits per heavy atom. The van der Waals surface area contributed by atoms with E-state index in [0.717, 1.165) is 24.7 Å². The third-order valence-corrected chi connectivity index (χ3v) is 3.34. The van der Waals surface area contributed by atoms with Crippen molar-refractivity contribution in [3.05, 3.63) is 10.5 Å². The average molecular weight is 311 g/mol. The van der Waals surface area contributed by atoms with Gasteiger partial charge >= 0.3 is 11.7 Å². The van der Waals surface area contributed by atoms with Crippen LogP contribution in [0.3, 0.4) is 0 Å². The van der Waals surface area contributed by atoms with Gasteiger partial charge < -0.3 is 10.1 Å². The molecule has 9 nitrogen and oxygen atoms in total. The number of hydrogen-bond donors (Lipinski definition) is 2. The lowest BCUT2D eigenvalue weighted by molar-refractivity contribution is 0.308. The van der Waals surface area contributed by atoms with Crippen molar-refractivity contribution >= 4 is 17.7 Å². The summed E-state index contributed by atoms with van der Waals surface area (Å²) < 4.78 is 6.71. The van der Waals surface area contributed by atoms with Gasteiger partial charge in [0.25, 0.3) is 0 Å². The van der Waals surface area contributed by atoms with Gasteiger partial charge in [0.2, 0.25) is 11.1 Å². The fourth-order valence-corrected chi connectivity index (χ4v) is 2.13. The van der Waals surface area contributed by atoms with Crippen LogP contribution in [0.2, 0.25) is 0 Å². The lowest BCUT2D eigenvalue weighted by Crippen LogP contribution is -2.13. The number of nitrogens with zero attached hydrogens (tertiary/aromatic N) is 5. The van der Waals surface area contributed by atoms with Crippen molar-refractivity contribution < 1.29 is 4.74 Å². The Hall–Kier alpha value is -2.10. The molecule has 0 saturated heterocycles. The summed E-state index contributed by atoms with van der Waals surface area (Å²) in [6, 6.07) is 0.245. The fourth-order valence-electron chi connectivity index (χ4n) is 1.40. The van der Waals surface area contributed by atoms with E-state index in [0.29, 0.717) is 22.9 Å². The number of hydrogen-bond acceptors (Lipinski definition) is 8. The molecular formula is C11H17N7O2S. The summed E-state index contributed by atoms with van der Waals surface area (Å²) in [5, 5.41) is 10.2. The first-order valence-electron chi connectivity index (χ1n) is 6.56. The van der Waals surface area contributed by atoms with E-state index < -0.39 is 0 Å². The third kappa shape index (κ3) is 3.94. The second-order valence-corrected chi connectivity index (χ2v) is 4.99. The van der Waals surface area contributed by atoms with Crippen LogP contribution >= 0.6 is 11.8 Å². The molecule has 114 valence electrons. The summed E-state index contributed by atoms with van der Waals surface area (Å²) in [4.78, 5) is 24.0. The first-order chi connectivity index (χ1) is 10.1. The van der Waals surface area contributed by atoms with Gasteiger partial charge in [-0.3, -0.25) is 4.57 Å². The van der Waals surface area contributed by atoms with Gasteiger partial charge in [-0.1, -0.05) is 6.92 Å². The molecule has 2 N–H and O–H groups in total. The number of H-pyrrole nitrogens is 1. The maximum atomic E-state index is 11.3. The minimum atomic E-state index is -0.291. The van der Waals surface area contributed by atoms with E-state index in [1.165, 1.54) is 4.57 Å². The monoisotopic (exact) mass is 311 g/mol. The van der Waals surface area contributed by atoms with Crippen molar-refractivity contribution in [2.45, 2.75) is 30.6 Å². The Bertz CT molecular complexity index is 654. The molecule has 2 aromatic heterocycles. The number of aromatic nitrogens is 6. The minimum absolute atomic E-state index is 0.245. The number of rotatable bonds is 7. The van der Waals surface area contributed by atoms with Crippen molar-refractivity contribution in [1.29, 1.82) is 0 Å². The van der Waals surface area contributed by atoms with Crippen LogP contribution in [0.1, 0.15) is 20.3 Å². The molecule has 2 heterocycles. The first-order valence-corrected chi connectivity index (χ1v) is 7.37. The molecule has 0 aliphatic rings. The second-order valence-electron chi connectivity index (χ2n) is 4.06. The molecule has 0 atom stereocenters. The number of ether oxygens (including phenoxy) is 1. The van der Waals surface area contributed by atoms with E-state index in [1.54, 1.807) is 7.05 Å². The van der Waals surface area contributed by atoms with Gasteiger partial charge in [0, 0.05) is 13.6 Å². The van der Waals surface area contributed by atoms with E-state index >= 15 is 0 Å². The maximum Gasteiger partial charge on any atom is 0.343 e. The molecule has 0 saturated carbocycles. The van der Waals surface area contributed by atoms with Crippen LogP contribution < -0.4 is 15.7 Å². The van der Waals surface area contributed by atoms with Crippen LogP contribution in [0.25, 0.3) is 0 Å². The zero-order valence-corrected chi connectivity index (χ0v) is 12.9. The van der Waals surface area contributed by atoms with Crippen LogP contribution in [0.15, 0.2) is 15.1 Å². The molecule has 2 aromatic rings. The lowest BCUT2D eigenvalue weighted by atomic mass is 10.5. The molecule has 0 unspecified atom stereocenters. The highest BCUT2D eigenvalue weighted by Gasteiger charge is 2.12. The largest absolute Gasteiger partial charge is 0.464 e. The van der Waals surface area contributed by atoms with Crippen LogP contribution in [-0.2, 0) is 7.05 Å². The van der Waals surface area contributed by atoms with Gasteiger partial charge in [0.05, 0.1) is 6.61 Å². The molecule has 0 spiro atoms. The second kappa shape index (κ2) is 7.07.